The van der Waals surface area contributed by atoms with Crippen LogP contribution in [0.25, 0.3) is 11.0 Å². The molecule has 0 spiro atoms. The Balaban J connectivity index is 1.90. The van der Waals surface area contributed by atoms with Gasteiger partial charge in [-0.2, -0.15) is 0 Å². The summed E-state index contributed by atoms with van der Waals surface area (Å²) in [5, 5.41) is 11.3. The summed E-state index contributed by atoms with van der Waals surface area (Å²) >= 11 is 6.34. The van der Waals surface area contributed by atoms with Crippen molar-refractivity contribution < 1.29 is 33.3 Å². The van der Waals surface area contributed by atoms with Crippen molar-refractivity contribution in [1.82, 2.24) is 0 Å². The zero-order valence-corrected chi connectivity index (χ0v) is 17.2. The number of aromatic hydroxyl groups is 1. The summed E-state index contributed by atoms with van der Waals surface area (Å²) in [6.07, 6.45) is -0.0994. The van der Waals surface area contributed by atoms with Crippen LogP contribution in [0, 0.1) is 6.92 Å². The first-order valence-electron chi connectivity index (χ1n) is 9.40. The molecule has 0 saturated carbocycles. The molecule has 0 fully saturated rings. The Morgan fingerprint density at radius 1 is 1.16 bits per heavy atom. The minimum atomic E-state index is -0.672. The summed E-state index contributed by atoms with van der Waals surface area (Å²) < 4.78 is 21.6. The smallest absolute Gasteiger partial charge is 0.336 e. The van der Waals surface area contributed by atoms with E-state index in [0.29, 0.717) is 28.2 Å². The zero-order chi connectivity index (χ0) is 22.0. The number of ether oxygens (including phenoxy) is 3. The Bertz CT molecular complexity index is 1370. The Morgan fingerprint density at radius 2 is 1.94 bits per heavy atom. The van der Waals surface area contributed by atoms with Crippen LogP contribution in [0.4, 0.5) is 0 Å². The summed E-state index contributed by atoms with van der Waals surface area (Å²) in [5.74, 6) is -1.50. The second-order valence-corrected chi connectivity index (χ2v) is 7.85. The number of phenols is 1. The van der Waals surface area contributed by atoms with Crippen LogP contribution >= 0.6 is 11.6 Å². The van der Waals surface area contributed by atoms with Gasteiger partial charge < -0.3 is 23.7 Å². The summed E-state index contributed by atoms with van der Waals surface area (Å²) in [5.41, 5.74) is 0.583. The molecule has 0 saturated heterocycles. The second-order valence-electron chi connectivity index (χ2n) is 7.44. The van der Waals surface area contributed by atoms with Crippen molar-refractivity contribution in [3.63, 3.8) is 0 Å². The molecule has 5 rings (SSSR count). The third-order valence-corrected chi connectivity index (χ3v) is 5.77. The first-order valence-corrected chi connectivity index (χ1v) is 9.78. The number of fused-ring (bicyclic) bond motifs is 4. The van der Waals surface area contributed by atoms with Crippen LogP contribution in [-0.2, 0) is 4.79 Å². The number of carbonyl (C=O) groups excluding carboxylic acids is 2. The third kappa shape index (κ3) is 2.86. The van der Waals surface area contributed by atoms with Gasteiger partial charge in [-0.1, -0.05) is 11.6 Å². The Hall–Kier alpha value is -3.52. The summed E-state index contributed by atoms with van der Waals surface area (Å²) in [7, 11) is 0. The minimum Gasteiger partial charge on any atom is -0.506 e. The van der Waals surface area contributed by atoms with Crippen molar-refractivity contribution >= 4 is 34.3 Å². The van der Waals surface area contributed by atoms with E-state index in [2.05, 4.69) is 0 Å². The monoisotopic (exact) mass is 442 g/mol. The maximum Gasteiger partial charge on any atom is 0.336 e. The van der Waals surface area contributed by atoms with Crippen molar-refractivity contribution in [1.29, 1.82) is 0 Å². The van der Waals surface area contributed by atoms with Gasteiger partial charge in [-0.25, -0.2) is 4.79 Å². The van der Waals surface area contributed by atoms with Crippen molar-refractivity contribution in [2.45, 2.75) is 26.2 Å². The molecule has 8 nitrogen and oxygen atoms in total. The molecule has 0 bridgehead atoms. The fraction of sp³-hybridized carbons (Fsp3) is 0.227. The number of carbonyl (C=O) groups is 2. The number of hydrogen-bond acceptors (Lipinski definition) is 8. The molecule has 0 radical (unpaired) electrons. The highest BCUT2D eigenvalue weighted by molar-refractivity contribution is 6.32. The predicted octanol–water partition coefficient (Wildman–Crippen LogP) is 3.83. The van der Waals surface area contributed by atoms with Gasteiger partial charge in [0, 0.05) is 17.5 Å². The molecule has 0 amide bonds. The largest absolute Gasteiger partial charge is 0.506 e. The molecule has 158 valence electrons. The number of hydrogen-bond donors (Lipinski definition) is 1. The molecule has 3 heterocycles. The molecule has 1 atom stereocenters. The lowest BCUT2D eigenvalue weighted by molar-refractivity contribution is -0.135. The van der Waals surface area contributed by atoms with Crippen molar-refractivity contribution in [2.75, 3.05) is 6.79 Å². The Morgan fingerprint density at radius 3 is 2.68 bits per heavy atom. The van der Waals surface area contributed by atoms with E-state index in [0.717, 1.165) is 0 Å². The molecule has 9 heteroatoms. The molecule has 0 unspecified atom stereocenters. The van der Waals surface area contributed by atoms with Crippen molar-refractivity contribution in [3.8, 4) is 23.0 Å². The average Bonchev–Trinajstić information content (AvgIpc) is 3.15. The molecular weight excluding hydrogens is 428 g/mol. The van der Waals surface area contributed by atoms with E-state index in [9.17, 15) is 19.5 Å². The quantitative estimate of drug-likeness (QED) is 0.276. The highest BCUT2D eigenvalue weighted by Crippen LogP contribution is 2.51. The maximum absolute atomic E-state index is 12.5. The summed E-state index contributed by atoms with van der Waals surface area (Å²) in [6.45, 7) is 2.89. The Labute approximate surface area is 179 Å². The van der Waals surface area contributed by atoms with Crippen LogP contribution in [0.2, 0.25) is 5.02 Å². The lowest BCUT2D eigenvalue weighted by atomic mass is 9.82. The number of aryl methyl sites for hydroxylation is 1. The molecule has 2 aromatic carbocycles. The standard InChI is InChI=1S/C22H15ClO8/c1-8-3-14(25)30-21-16(8)19(27)17(9(2)24)22-18(21)11(6-15(26)31-22)10-4-12(23)20-13(5-10)28-7-29-20/h3-5,11,27H,6-7H2,1-2H3/t11-/m1/s1. The number of Topliss-reactive ketones (excluding diaryl/α,β-unsaturated/α-hetero) is 1. The van der Waals surface area contributed by atoms with Crippen LogP contribution < -0.4 is 19.8 Å². The molecule has 31 heavy (non-hydrogen) atoms. The maximum atomic E-state index is 12.5. The topological polar surface area (TPSA) is 112 Å². The molecule has 1 N–H and O–H groups in total. The van der Waals surface area contributed by atoms with Gasteiger partial charge in [-0.15, -0.1) is 0 Å². The molecule has 3 aromatic rings. The molecule has 1 aromatic heterocycles. The van der Waals surface area contributed by atoms with E-state index < -0.39 is 29.0 Å². The molecule has 2 aliphatic heterocycles. The van der Waals surface area contributed by atoms with E-state index in [1.54, 1.807) is 19.1 Å². The average molecular weight is 443 g/mol. The van der Waals surface area contributed by atoms with Crippen LogP contribution in [-0.4, -0.2) is 23.7 Å². The number of rotatable bonds is 2. The van der Waals surface area contributed by atoms with Gasteiger partial charge in [-0.3, -0.25) is 9.59 Å². The van der Waals surface area contributed by atoms with Gasteiger partial charge >= 0.3 is 11.6 Å². The first-order chi connectivity index (χ1) is 14.8. The normalized spacial score (nSPS) is 16.9. The fourth-order valence-electron chi connectivity index (χ4n) is 4.21. The van der Waals surface area contributed by atoms with Crippen LogP contribution in [0.15, 0.2) is 27.4 Å². The predicted molar refractivity (Wildman–Crippen MR) is 109 cm³/mol. The fourth-order valence-corrected chi connectivity index (χ4v) is 4.48. The van der Waals surface area contributed by atoms with Gasteiger partial charge in [0.2, 0.25) is 6.79 Å². The van der Waals surface area contributed by atoms with Crippen LogP contribution in [0.3, 0.4) is 0 Å². The van der Waals surface area contributed by atoms with E-state index >= 15 is 0 Å². The lowest BCUT2D eigenvalue weighted by Crippen LogP contribution is -2.23. The summed E-state index contributed by atoms with van der Waals surface area (Å²) in [4.78, 5) is 37.1. The van der Waals surface area contributed by atoms with Gasteiger partial charge in [-0.05, 0) is 37.1 Å². The van der Waals surface area contributed by atoms with E-state index in [4.69, 9.17) is 30.2 Å². The summed E-state index contributed by atoms with van der Waals surface area (Å²) in [6, 6.07) is 4.53. The SMILES string of the molecule is CC(=O)c1c2c(c3oc(=O)cc(C)c3c1O)[C@@H](c1cc(Cl)c3c(c1)OCO3)CC(=O)O2. The number of halogens is 1. The molecule has 2 aliphatic rings. The third-order valence-electron chi connectivity index (χ3n) is 5.49. The van der Waals surface area contributed by atoms with Gasteiger partial charge in [0.1, 0.15) is 16.9 Å². The second kappa shape index (κ2) is 6.75. The van der Waals surface area contributed by atoms with Crippen LogP contribution in [0.1, 0.15) is 46.3 Å². The number of esters is 1. The van der Waals surface area contributed by atoms with E-state index in [1.807, 2.05) is 0 Å². The minimum absolute atomic E-state index is 0.0150. The molecular formula is C22H15ClO8. The molecule has 0 aliphatic carbocycles. The van der Waals surface area contributed by atoms with Gasteiger partial charge in [0.15, 0.2) is 23.0 Å². The highest BCUT2D eigenvalue weighted by Gasteiger charge is 2.38. The highest BCUT2D eigenvalue weighted by atomic mass is 35.5. The Kier molecular flexibility index (Phi) is 4.23. The van der Waals surface area contributed by atoms with E-state index in [-0.39, 0.29) is 40.5 Å². The van der Waals surface area contributed by atoms with Crippen LogP contribution in [0.5, 0.6) is 23.0 Å². The van der Waals surface area contributed by atoms with Gasteiger partial charge in [0.25, 0.3) is 0 Å². The number of benzene rings is 2. The van der Waals surface area contributed by atoms with Crippen molar-refractivity contribution in [2.24, 2.45) is 0 Å². The lowest BCUT2D eigenvalue weighted by Gasteiger charge is -2.28. The first kappa shape index (κ1) is 19.4. The van der Waals surface area contributed by atoms with E-state index in [1.165, 1.54) is 13.0 Å². The number of phenolic OH excluding ortho intramolecular Hbond substituents is 1. The van der Waals surface area contributed by atoms with Gasteiger partial charge in [0.05, 0.1) is 16.8 Å². The zero-order valence-electron chi connectivity index (χ0n) is 16.4. The number of ketones is 1. The van der Waals surface area contributed by atoms with Crippen molar-refractivity contribution in [3.05, 3.63) is 55.9 Å².